The number of aryl methyl sites for hydroxylation is 3. The fourth-order valence-electron chi connectivity index (χ4n) is 8.60. The van der Waals surface area contributed by atoms with Gasteiger partial charge >= 0.3 is 0 Å². The molecule has 50 heavy (non-hydrogen) atoms. The van der Waals surface area contributed by atoms with Crippen molar-refractivity contribution in [2.45, 2.75) is 78.4 Å². The van der Waals surface area contributed by atoms with Crippen LogP contribution in [0, 0.1) is 29.0 Å². The van der Waals surface area contributed by atoms with E-state index in [1.54, 1.807) is 23.8 Å². The molecular formula is C41H51FN6O2. The summed E-state index contributed by atoms with van der Waals surface area (Å²) in [6.07, 6.45) is 4.39. The summed E-state index contributed by atoms with van der Waals surface area (Å²) in [7, 11) is 1.66. The Morgan fingerprint density at radius 3 is 2.46 bits per heavy atom. The van der Waals surface area contributed by atoms with Crippen molar-refractivity contribution in [3.05, 3.63) is 99.9 Å². The van der Waals surface area contributed by atoms with Crippen LogP contribution < -0.4 is 20.9 Å². The van der Waals surface area contributed by atoms with E-state index in [1.807, 2.05) is 30.3 Å². The van der Waals surface area contributed by atoms with Crippen LogP contribution in [0.3, 0.4) is 0 Å². The SMILES string of the molecule is COc1ccc(CCc2nc3cc(NC(=NC4CC5CC(C4C)C5(C)C)N4CCNC(C)C4)ccc3c(=O)n2CCc2ccc(F)cc2)cc1. The number of aromatic nitrogens is 2. The minimum atomic E-state index is -0.267. The highest BCUT2D eigenvalue weighted by atomic mass is 19.1. The van der Waals surface area contributed by atoms with Crippen LogP contribution in [-0.4, -0.2) is 59.2 Å². The van der Waals surface area contributed by atoms with Crippen molar-refractivity contribution in [1.82, 2.24) is 19.8 Å². The lowest BCUT2D eigenvalue weighted by Crippen LogP contribution is -2.57. The second-order valence-corrected chi connectivity index (χ2v) is 15.3. The number of aliphatic imine (C=N–C) groups is 1. The molecule has 5 atom stereocenters. The number of halogens is 1. The molecule has 4 aromatic rings. The van der Waals surface area contributed by atoms with Gasteiger partial charge in [-0.25, -0.2) is 14.4 Å². The standard InChI is InChI=1S/C41H51FN6O2/c1-26-25-47(21-19-43-26)40(46-36-23-30-22-35(27(36)2)41(30,3)4)44-32-13-16-34-37(24-32)45-38(17-10-28-8-14-33(50-5)15-9-28)48(39(34)49)20-18-29-6-11-31(42)12-7-29/h6-9,11-16,24,26-27,30,35-36,43H,10,17-23,25H2,1-5H3,(H,44,46). The lowest BCUT2D eigenvalue weighted by Gasteiger charge is -2.61. The quantitative estimate of drug-likeness (QED) is 0.151. The molecule has 1 saturated heterocycles. The number of anilines is 1. The summed E-state index contributed by atoms with van der Waals surface area (Å²) in [5, 5.41) is 7.86. The molecule has 4 fully saturated rings. The Hall–Kier alpha value is -4.24. The summed E-state index contributed by atoms with van der Waals surface area (Å²) in [6, 6.07) is 21.0. The maximum Gasteiger partial charge on any atom is 0.261 e. The van der Waals surface area contributed by atoms with Gasteiger partial charge in [-0.3, -0.25) is 9.36 Å². The summed E-state index contributed by atoms with van der Waals surface area (Å²) in [4.78, 5) is 27.1. The number of piperazine rings is 1. The van der Waals surface area contributed by atoms with Crippen molar-refractivity contribution in [2.75, 3.05) is 32.1 Å². The highest BCUT2D eigenvalue weighted by Crippen LogP contribution is 2.61. The van der Waals surface area contributed by atoms with E-state index in [1.165, 1.54) is 18.6 Å². The Morgan fingerprint density at radius 1 is 1.02 bits per heavy atom. The highest BCUT2D eigenvalue weighted by molar-refractivity contribution is 5.96. The van der Waals surface area contributed by atoms with Gasteiger partial charge in [-0.1, -0.05) is 45.0 Å². The van der Waals surface area contributed by atoms with Crippen LogP contribution in [0.2, 0.25) is 0 Å². The third kappa shape index (κ3) is 7.02. The van der Waals surface area contributed by atoms with Gasteiger partial charge in [-0.2, -0.15) is 0 Å². The fourth-order valence-corrected chi connectivity index (χ4v) is 8.60. The van der Waals surface area contributed by atoms with Crippen molar-refractivity contribution in [3.63, 3.8) is 0 Å². The van der Waals surface area contributed by atoms with Gasteiger partial charge in [0, 0.05) is 44.3 Å². The number of benzene rings is 3. The molecule has 2 heterocycles. The lowest BCUT2D eigenvalue weighted by atomic mass is 9.45. The van der Waals surface area contributed by atoms with E-state index in [0.717, 1.165) is 72.7 Å². The first-order valence-corrected chi connectivity index (χ1v) is 18.3. The van der Waals surface area contributed by atoms with Gasteiger partial charge in [0.25, 0.3) is 5.56 Å². The minimum Gasteiger partial charge on any atom is -0.497 e. The van der Waals surface area contributed by atoms with Crippen LogP contribution in [0.5, 0.6) is 5.75 Å². The number of methoxy groups -OCH3 is 1. The van der Waals surface area contributed by atoms with Gasteiger partial charge in [-0.05, 0) is 109 Å². The molecule has 8 rings (SSSR count). The molecule has 3 aliphatic carbocycles. The maximum atomic E-state index is 14.1. The Morgan fingerprint density at radius 2 is 1.76 bits per heavy atom. The molecule has 5 unspecified atom stereocenters. The summed E-state index contributed by atoms with van der Waals surface area (Å²) < 4.78 is 20.7. The Labute approximate surface area is 295 Å². The van der Waals surface area contributed by atoms with Gasteiger partial charge in [0.15, 0.2) is 5.96 Å². The van der Waals surface area contributed by atoms with Crippen molar-refractivity contribution in [2.24, 2.45) is 28.2 Å². The largest absolute Gasteiger partial charge is 0.497 e. The number of nitrogens with one attached hydrogen (secondary N) is 2. The van der Waals surface area contributed by atoms with Crippen LogP contribution in [0.15, 0.2) is 76.5 Å². The lowest BCUT2D eigenvalue weighted by molar-refractivity contribution is -0.108. The summed E-state index contributed by atoms with van der Waals surface area (Å²) in [6.45, 7) is 12.6. The maximum absolute atomic E-state index is 14.1. The third-order valence-corrected chi connectivity index (χ3v) is 11.9. The molecule has 9 heteroatoms. The van der Waals surface area contributed by atoms with E-state index >= 15 is 0 Å². The van der Waals surface area contributed by atoms with Crippen molar-refractivity contribution in [3.8, 4) is 5.75 Å². The van der Waals surface area contributed by atoms with E-state index in [2.05, 4.69) is 55.4 Å². The Kier molecular flexibility index (Phi) is 9.70. The zero-order valence-corrected chi connectivity index (χ0v) is 30.1. The molecule has 1 aliphatic heterocycles. The van der Waals surface area contributed by atoms with Crippen molar-refractivity contribution >= 4 is 22.5 Å². The van der Waals surface area contributed by atoms with E-state index in [4.69, 9.17) is 14.7 Å². The Balaban J connectivity index is 1.20. The molecule has 1 aromatic heterocycles. The number of fused-ring (bicyclic) bond motifs is 3. The average molecular weight is 679 g/mol. The molecular weight excluding hydrogens is 627 g/mol. The van der Waals surface area contributed by atoms with Crippen LogP contribution in [0.25, 0.3) is 10.9 Å². The number of hydrogen-bond donors (Lipinski definition) is 2. The molecule has 3 aromatic carbocycles. The van der Waals surface area contributed by atoms with Gasteiger partial charge in [0.05, 0.1) is 24.1 Å². The topological polar surface area (TPSA) is 83.8 Å². The Bertz CT molecular complexity index is 1900. The first-order valence-electron chi connectivity index (χ1n) is 18.3. The highest BCUT2D eigenvalue weighted by Gasteiger charge is 2.56. The van der Waals surface area contributed by atoms with E-state index < -0.39 is 0 Å². The molecule has 3 saturated carbocycles. The van der Waals surface area contributed by atoms with Crippen LogP contribution in [0.4, 0.5) is 10.1 Å². The number of nitrogens with zero attached hydrogens (tertiary/aromatic N) is 4. The van der Waals surface area contributed by atoms with E-state index in [0.29, 0.717) is 53.6 Å². The van der Waals surface area contributed by atoms with Crippen LogP contribution in [-0.2, 0) is 25.8 Å². The molecule has 0 amide bonds. The molecule has 2 bridgehead atoms. The average Bonchev–Trinajstić information content (AvgIpc) is 3.11. The van der Waals surface area contributed by atoms with Crippen molar-refractivity contribution < 1.29 is 9.13 Å². The molecule has 2 N–H and O–H groups in total. The number of rotatable bonds is 9. The summed E-state index contributed by atoms with van der Waals surface area (Å²) in [5.41, 5.74) is 4.02. The normalized spacial score (nSPS) is 24.6. The van der Waals surface area contributed by atoms with Gasteiger partial charge in [-0.15, -0.1) is 0 Å². The fraction of sp³-hybridized carbons (Fsp3) is 0.488. The van der Waals surface area contributed by atoms with Crippen molar-refractivity contribution in [1.29, 1.82) is 0 Å². The van der Waals surface area contributed by atoms with Gasteiger partial charge in [0.1, 0.15) is 17.4 Å². The number of hydrogen-bond acceptors (Lipinski definition) is 5. The zero-order valence-electron chi connectivity index (χ0n) is 30.1. The van der Waals surface area contributed by atoms with E-state index in [9.17, 15) is 9.18 Å². The smallest absolute Gasteiger partial charge is 0.261 e. The first-order chi connectivity index (χ1) is 24.1. The predicted octanol–water partition coefficient (Wildman–Crippen LogP) is 6.70. The van der Waals surface area contributed by atoms with Crippen LogP contribution in [0.1, 0.15) is 57.5 Å². The third-order valence-electron chi connectivity index (χ3n) is 11.9. The van der Waals surface area contributed by atoms with Crippen LogP contribution >= 0.6 is 0 Å². The zero-order chi connectivity index (χ0) is 35.0. The van der Waals surface area contributed by atoms with Gasteiger partial charge < -0.3 is 20.3 Å². The second kappa shape index (κ2) is 14.2. The molecule has 0 spiro atoms. The molecule has 4 aliphatic rings. The molecule has 264 valence electrons. The molecule has 8 nitrogen and oxygen atoms in total. The first kappa shape index (κ1) is 34.2. The monoisotopic (exact) mass is 678 g/mol. The minimum absolute atomic E-state index is 0.0592. The number of guanidine groups is 1. The predicted molar refractivity (Wildman–Crippen MR) is 200 cm³/mol. The van der Waals surface area contributed by atoms with Gasteiger partial charge in [0.2, 0.25) is 0 Å². The summed E-state index contributed by atoms with van der Waals surface area (Å²) in [5.74, 6) is 4.17. The second-order valence-electron chi connectivity index (χ2n) is 15.3. The molecule has 0 radical (unpaired) electrons. The summed E-state index contributed by atoms with van der Waals surface area (Å²) >= 11 is 0. The number of ether oxygens (including phenoxy) is 1. The van der Waals surface area contributed by atoms with E-state index in [-0.39, 0.29) is 17.4 Å².